The maximum absolute atomic E-state index is 11.1. The third-order valence-corrected chi connectivity index (χ3v) is 2.51. The van der Waals surface area contributed by atoms with Gasteiger partial charge in [-0.1, -0.05) is 6.08 Å². The zero-order valence-electron chi connectivity index (χ0n) is 9.87. The van der Waals surface area contributed by atoms with E-state index in [-0.39, 0.29) is 0 Å². The van der Waals surface area contributed by atoms with Gasteiger partial charge in [0.15, 0.2) is 5.82 Å². The summed E-state index contributed by atoms with van der Waals surface area (Å²) < 4.78 is 1.74. The maximum atomic E-state index is 11.1. The first-order valence-electron chi connectivity index (χ1n) is 5.40. The number of carboxylic acid groups (broad SMARTS) is 1. The highest BCUT2D eigenvalue weighted by Crippen LogP contribution is 2.14. The van der Waals surface area contributed by atoms with Crippen molar-refractivity contribution in [1.82, 2.24) is 19.6 Å². The van der Waals surface area contributed by atoms with Crippen molar-refractivity contribution < 1.29 is 9.90 Å². The van der Waals surface area contributed by atoms with E-state index in [4.69, 9.17) is 5.11 Å². The molecule has 7 heteroatoms. The predicted octanol–water partition coefficient (Wildman–Crippen LogP) is 0.874. The van der Waals surface area contributed by atoms with Gasteiger partial charge in [-0.15, -0.1) is 16.8 Å². The number of carbonyl (C=O) groups is 1. The largest absolute Gasteiger partial charge is 0.480 e. The maximum Gasteiger partial charge on any atom is 0.326 e. The molecule has 0 saturated heterocycles. The van der Waals surface area contributed by atoms with Crippen molar-refractivity contribution in [2.45, 2.75) is 19.4 Å². The molecule has 0 amide bonds. The summed E-state index contributed by atoms with van der Waals surface area (Å²) in [4.78, 5) is 15.1. The topological polar surface area (TPSA) is 92.4 Å². The molecule has 2 rings (SSSR count). The lowest BCUT2D eigenvalue weighted by Crippen LogP contribution is -2.29. The zero-order valence-corrected chi connectivity index (χ0v) is 9.87. The number of hydrogen-bond donors (Lipinski definition) is 2. The van der Waals surface area contributed by atoms with E-state index in [1.54, 1.807) is 22.9 Å². The molecule has 0 bridgehead atoms. The zero-order chi connectivity index (χ0) is 13.1. The standard InChI is InChI=1S/C11H13N5O2/c1-3-4-8(11(17)18)13-9-10-15-14-7(2)16(10)6-5-12-9/h3,5-6,8H,1,4H2,2H3,(H,12,13)(H,17,18). The molecule has 0 fully saturated rings. The number of nitrogens with one attached hydrogen (secondary N) is 1. The van der Waals surface area contributed by atoms with Crippen LogP contribution < -0.4 is 5.32 Å². The first kappa shape index (κ1) is 12.0. The van der Waals surface area contributed by atoms with Gasteiger partial charge in [0.05, 0.1) is 0 Å². The van der Waals surface area contributed by atoms with Crippen LogP contribution in [0.25, 0.3) is 5.65 Å². The van der Waals surface area contributed by atoms with E-state index in [0.29, 0.717) is 23.7 Å². The van der Waals surface area contributed by atoms with Crippen LogP contribution in [0.3, 0.4) is 0 Å². The first-order chi connectivity index (χ1) is 8.63. The van der Waals surface area contributed by atoms with Crippen molar-refractivity contribution in [2.75, 3.05) is 5.32 Å². The van der Waals surface area contributed by atoms with Crippen LogP contribution >= 0.6 is 0 Å². The van der Waals surface area contributed by atoms with Crippen LogP contribution in [0.1, 0.15) is 12.2 Å². The van der Waals surface area contributed by atoms with Crippen LogP contribution in [-0.2, 0) is 4.79 Å². The number of fused-ring (bicyclic) bond motifs is 1. The number of aliphatic carboxylic acids is 1. The van der Waals surface area contributed by atoms with E-state index in [9.17, 15) is 4.79 Å². The van der Waals surface area contributed by atoms with Crippen molar-refractivity contribution in [3.05, 3.63) is 30.9 Å². The minimum Gasteiger partial charge on any atom is -0.480 e. The first-order valence-corrected chi connectivity index (χ1v) is 5.40. The van der Waals surface area contributed by atoms with E-state index in [2.05, 4.69) is 27.1 Å². The Labute approximate surface area is 103 Å². The van der Waals surface area contributed by atoms with Crippen molar-refractivity contribution in [1.29, 1.82) is 0 Å². The third-order valence-electron chi connectivity index (χ3n) is 2.51. The summed E-state index contributed by atoms with van der Waals surface area (Å²) in [5.74, 6) is 0.147. The van der Waals surface area contributed by atoms with Gasteiger partial charge < -0.3 is 10.4 Å². The SMILES string of the molecule is C=CCC(Nc1nccn2c(C)nnc12)C(=O)O. The molecule has 2 aromatic rings. The fraction of sp³-hybridized carbons (Fsp3) is 0.273. The number of rotatable bonds is 5. The smallest absolute Gasteiger partial charge is 0.326 e. The van der Waals surface area contributed by atoms with Gasteiger partial charge in [0.1, 0.15) is 11.9 Å². The molecule has 0 aromatic carbocycles. The highest BCUT2D eigenvalue weighted by atomic mass is 16.4. The molecule has 2 N–H and O–H groups in total. The third kappa shape index (κ3) is 2.15. The summed E-state index contributed by atoms with van der Waals surface area (Å²) in [6.07, 6.45) is 5.13. The van der Waals surface area contributed by atoms with Crippen molar-refractivity contribution in [3.8, 4) is 0 Å². The molecule has 1 unspecified atom stereocenters. The van der Waals surface area contributed by atoms with Crippen LogP contribution in [-0.4, -0.2) is 36.7 Å². The Hall–Kier alpha value is -2.44. The van der Waals surface area contributed by atoms with Crippen molar-refractivity contribution in [2.24, 2.45) is 0 Å². The van der Waals surface area contributed by atoms with Crippen molar-refractivity contribution in [3.63, 3.8) is 0 Å². The Balaban J connectivity index is 2.36. The Morgan fingerprint density at radius 2 is 2.44 bits per heavy atom. The molecule has 1 atom stereocenters. The van der Waals surface area contributed by atoms with E-state index in [1.165, 1.54) is 0 Å². The number of aromatic nitrogens is 4. The molecule has 2 heterocycles. The Morgan fingerprint density at radius 1 is 1.67 bits per heavy atom. The minimum absolute atomic E-state index is 0.297. The number of nitrogens with zero attached hydrogens (tertiary/aromatic N) is 4. The summed E-state index contributed by atoms with van der Waals surface area (Å²) in [5, 5.41) is 19.8. The highest BCUT2D eigenvalue weighted by molar-refractivity contribution is 5.79. The fourth-order valence-corrected chi connectivity index (χ4v) is 1.60. The van der Waals surface area contributed by atoms with E-state index < -0.39 is 12.0 Å². The Morgan fingerprint density at radius 3 is 3.11 bits per heavy atom. The highest BCUT2D eigenvalue weighted by Gasteiger charge is 2.18. The Bertz CT molecular complexity index is 592. The molecule has 2 aromatic heterocycles. The quantitative estimate of drug-likeness (QED) is 0.762. The number of anilines is 1. The van der Waals surface area contributed by atoms with Crippen LogP contribution in [0.4, 0.5) is 5.82 Å². The minimum atomic E-state index is -0.963. The van der Waals surface area contributed by atoms with Gasteiger partial charge >= 0.3 is 5.97 Å². The van der Waals surface area contributed by atoms with Crippen molar-refractivity contribution >= 4 is 17.4 Å². The number of hydrogen-bond acceptors (Lipinski definition) is 5. The normalized spacial score (nSPS) is 12.3. The van der Waals surface area contributed by atoms with Crippen LogP contribution in [0.2, 0.25) is 0 Å². The van der Waals surface area contributed by atoms with Gasteiger partial charge in [-0.3, -0.25) is 4.40 Å². The monoisotopic (exact) mass is 247 g/mol. The molecular weight excluding hydrogens is 234 g/mol. The van der Waals surface area contributed by atoms with E-state index >= 15 is 0 Å². The van der Waals surface area contributed by atoms with Gasteiger partial charge in [-0.2, -0.15) is 0 Å². The van der Waals surface area contributed by atoms with E-state index in [0.717, 1.165) is 0 Å². The predicted molar refractivity (Wildman–Crippen MR) is 65.4 cm³/mol. The average molecular weight is 247 g/mol. The van der Waals surface area contributed by atoms with Gasteiger partial charge in [0, 0.05) is 12.4 Å². The van der Waals surface area contributed by atoms with Gasteiger partial charge in [-0.25, -0.2) is 9.78 Å². The van der Waals surface area contributed by atoms with Crippen LogP contribution in [0.5, 0.6) is 0 Å². The summed E-state index contributed by atoms with van der Waals surface area (Å²) in [6, 6.07) is -0.779. The molecule has 18 heavy (non-hydrogen) atoms. The molecule has 0 spiro atoms. The molecule has 0 radical (unpaired) electrons. The van der Waals surface area contributed by atoms with Gasteiger partial charge in [0.25, 0.3) is 0 Å². The second-order valence-corrected chi connectivity index (χ2v) is 3.78. The van der Waals surface area contributed by atoms with Gasteiger partial charge in [-0.05, 0) is 13.3 Å². The summed E-state index contributed by atoms with van der Waals surface area (Å²) in [5.41, 5.74) is 0.505. The van der Waals surface area contributed by atoms with Crippen LogP contribution in [0, 0.1) is 6.92 Å². The molecule has 7 nitrogen and oxygen atoms in total. The lowest BCUT2D eigenvalue weighted by molar-refractivity contribution is -0.137. The molecule has 0 aliphatic rings. The molecular formula is C11H13N5O2. The lowest BCUT2D eigenvalue weighted by Gasteiger charge is -2.13. The number of carboxylic acids is 1. The molecule has 94 valence electrons. The average Bonchev–Trinajstić information content (AvgIpc) is 2.72. The second kappa shape index (κ2) is 4.82. The molecule has 0 aliphatic heterocycles. The molecule has 0 saturated carbocycles. The van der Waals surface area contributed by atoms with E-state index in [1.807, 2.05) is 6.92 Å². The molecule has 0 aliphatic carbocycles. The van der Waals surface area contributed by atoms with Crippen LogP contribution in [0.15, 0.2) is 25.0 Å². The number of aryl methyl sites for hydroxylation is 1. The summed E-state index contributed by atoms with van der Waals surface area (Å²) >= 11 is 0. The fourth-order valence-electron chi connectivity index (χ4n) is 1.60. The Kier molecular flexibility index (Phi) is 3.22. The summed E-state index contributed by atoms with van der Waals surface area (Å²) in [7, 11) is 0. The second-order valence-electron chi connectivity index (χ2n) is 3.78. The summed E-state index contributed by atoms with van der Waals surface area (Å²) in [6.45, 7) is 5.34. The lowest BCUT2D eigenvalue weighted by atomic mass is 10.2. The van der Waals surface area contributed by atoms with Gasteiger partial charge in [0.2, 0.25) is 5.65 Å².